The molecular formula is C26H28N6O2. The molecular weight excluding hydrogens is 428 g/mol. The first-order valence-electron chi connectivity index (χ1n) is 11.9. The van der Waals surface area contributed by atoms with Gasteiger partial charge in [-0.3, -0.25) is 4.40 Å². The van der Waals surface area contributed by atoms with Gasteiger partial charge in [0.1, 0.15) is 23.7 Å². The molecule has 174 valence electrons. The molecule has 0 radical (unpaired) electrons. The summed E-state index contributed by atoms with van der Waals surface area (Å²) in [6.45, 7) is 6.66. The van der Waals surface area contributed by atoms with Gasteiger partial charge in [0.2, 0.25) is 0 Å². The largest absolute Gasteiger partial charge is 0.493 e. The van der Waals surface area contributed by atoms with Crippen LogP contribution < -0.4 is 9.64 Å². The van der Waals surface area contributed by atoms with Crippen molar-refractivity contribution in [2.24, 2.45) is 0 Å². The number of rotatable bonds is 5. The molecule has 1 fully saturated rings. The van der Waals surface area contributed by atoms with E-state index in [1.54, 1.807) is 6.33 Å². The van der Waals surface area contributed by atoms with E-state index < -0.39 is 0 Å². The standard InChI is InChI=1S/C26H28N6O2/c1-17-14-31(15-18(2)34-17)24-8-7-20(12-27-24)22-13-28-25(32-16-29-30-26(22)32)9-6-19-4-3-5-23-21(19)10-11-33-23/h3-5,7-8,12-13,16-18H,6,9-11,14-15H2,1-2H3. The van der Waals surface area contributed by atoms with E-state index in [1.165, 1.54) is 11.1 Å². The fourth-order valence-electron chi connectivity index (χ4n) is 5.13. The Balaban J connectivity index is 1.24. The van der Waals surface area contributed by atoms with Crippen molar-refractivity contribution in [1.29, 1.82) is 0 Å². The molecule has 4 aromatic rings. The van der Waals surface area contributed by atoms with E-state index in [1.807, 2.05) is 16.8 Å². The number of nitrogens with zero attached hydrogens (tertiary/aromatic N) is 6. The number of hydrogen-bond donors (Lipinski definition) is 0. The lowest BCUT2D eigenvalue weighted by Gasteiger charge is -2.36. The fraction of sp³-hybridized carbons (Fsp3) is 0.385. The van der Waals surface area contributed by atoms with Crippen LogP contribution in [0, 0.1) is 0 Å². The molecule has 5 heterocycles. The average molecular weight is 457 g/mol. The summed E-state index contributed by atoms with van der Waals surface area (Å²) in [5, 5.41) is 8.58. The first-order chi connectivity index (χ1) is 16.7. The second kappa shape index (κ2) is 8.68. The van der Waals surface area contributed by atoms with Crippen LogP contribution in [0.4, 0.5) is 5.82 Å². The number of hydrogen-bond acceptors (Lipinski definition) is 7. The van der Waals surface area contributed by atoms with Crippen molar-refractivity contribution in [2.75, 3.05) is 24.6 Å². The lowest BCUT2D eigenvalue weighted by molar-refractivity contribution is -0.00545. The van der Waals surface area contributed by atoms with Crippen molar-refractivity contribution in [3.05, 3.63) is 66.0 Å². The molecule has 6 rings (SSSR count). The van der Waals surface area contributed by atoms with Crippen LogP contribution in [-0.2, 0) is 24.0 Å². The minimum absolute atomic E-state index is 0.196. The molecule has 0 aliphatic carbocycles. The second-order valence-corrected chi connectivity index (χ2v) is 9.17. The Morgan fingerprint density at radius 1 is 1.00 bits per heavy atom. The van der Waals surface area contributed by atoms with E-state index in [-0.39, 0.29) is 12.2 Å². The molecule has 2 aliphatic rings. The SMILES string of the molecule is CC1CN(c2ccc(-c3cnc(CCc4cccc5c4CCO5)n4cnnc34)cn2)CC(C)O1. The Hall–Kier alpha value is -3.52. The Morgan fingerprint density at radius 2 is 1.88 bits per heavy atom. The quantitative estimate of drug-likeness (QED) is 0.455. The van der Waals surface area contributed by atoms with Crippen molar-refractivity contribution in [3.63, 3.8) is 0 Å². The van der Waals surface area contributed by atoms with E-state index in [9.17, 15) is 0 Å². The van der Waals surface area contributed by atoms with Crippen LogP contribution in [0.5, 0.6) is 5.75 Å². The molecule has 2 atom stereocenters. The minimum Gasteiger partial charge on any atom is -0.493 e. The lowest BCUT2D eigenvalue weighted by atomic mass is 10.0. The molecule has 8 nitrogen and oxygen atoms in total. The van der Waals surface area contributed by atoms with Crippen LogP contribution >= 0.6 is 0 Å². The van der Waals surface area contributed by atoms with Gasteiger partial charge >= 0.3 is 0 Å². The van der Waals surface area contributed by atoms with E-state index in [0.717, 1.165) is 73.1 Å². The van der Waals surface area contributed by atoms with E-state index >= 15 is 0 Å². The molecule has 0 spiro atoms. The molecule has 2 aliphatic heterocycles. The lowest BCUT2D eigenvalue weighted by Crippen LogP contribution is -2.45. The normalized spacial score (nSPS) is 19.9. The van der Waals surface area contributed by atoms with Gasteiger partial charge in [-0.15, -0.1) is 10.2 Å². The summed E-state index contributed by atoms with van der Waals surface area (Å²) in [4.78, 5) is 11.8. The Labute approximate surface area is 198 Å². The third-order valence-electron chi connectivity index (χ3n) is 6.67. The van der Waals surface area contributed by atoms with Crippen LogP contribution in [0.25, 0.3) is 16.8 Å². The maximum Gasteiger partial charge on any atom is 0.171 e. The molecule has 0 saturated carbocycles. The van der Waals surface area contributed by atoms with Crippen molar-refractivity contribution in [2.45, 2.75) is 45.3 Å². The summed E-state index contributed by atoms with van der Waals surface area (Å²) in [5.41, 5.74) is 5.36. The van der Waals surface area contributed by atoms with Gasteiger partial charge in [0.25, 0.3) is 0 Å². The van der Waals surface area contributed by atoms with Gasteiger partial charge in [0.15, 0.2) is 5.65 Å². The number of aryl methyl sites for hydroxylation is 2. The van der Waals surface area contributed by atoms with Crippen LogP contribution in [0.3, 0.4) is 0 Å². The number of morpholine rings is 1. The smallest absolute Gasteiger partial charge is 0.171 e. The summed E-state index contributed by atoms with van der Waals surface area (Å²) in [5.74, 6) is 2.93. The topological polar surface area (TPSA) is 77.7 Å². The van der Waals surface area contributed by atoms with Gasteiger partial charge < -0.3 is 14.4 Å². The molecule has 0 bridgehead atoms. The number of benzene rings is 1. The predicted molar refractivity (Wildman–Crippen MR) is 129 cm³/mol. The highest BCUT2D eigenvalue weighted by molar-refractivity contribution is 5.76. The van der Waals surface area contributed by atoms with Crippen LogP contribution in [-0.4, -0.2) is 56.5 Å². The molecule has 0 amide bonds. The Bertz CT molecular complexity index is 1310. The third kappa shape index (κ3) is 3.88. The molecule has 1 saturated heterocycles. The molecule has 0 N–H and O–H groups in total. The highest BCUT2D eigenvalue weighted by atomic mass is 16.5. The molecule has 1 aromatic carbocycles. The van der Waals surface area contributed by atoms with Gasteiger partial charge in [0, 0.05) is 55.0 Å². The monoisotopic (exact) mass is 456 g/mol. The van der Waals surface area contributed by atoms with Crippen LogP contribution in [0.1, 0.15) is 30.8 Å². The van der Waals surface area contributed by atoms with Crippen LogP contribution in [0.2, 0.25) is 0 Å². The number of aromatic nitrogens is 5. The van der Waals surface area contributed by atoms with E-state index in [4.69, 9.17) is 19.4 Å². The number of anilines is 1. The molecule has 3 aromatic heterocycles. The fourth-order valence-corrected chi connectivity index (χ4v) is 5.13. The van der Waals surface area contributed by atoms with Crippen LogP contribution in [0.15, 0.2) is 49.1 Å². The van der Waals surface area contributed by atoms with E-state index in [2.05, 4.69) is 59.3 Å². The van der Waals surface area contributed by atoms with Crippen molar-refractivity contribution in [1.82, 2.24) is 24.6 Å². The summed E-state index contributed by atoms with van der Waals surface area (Å²) >= 11 is 0. The predicted octanol–water partition coefficient (Wildman–Crippen LogP) is 3.52. The van der Waals surface area contributed by atoms with Gasteiger partial charge in [-0.25, -0.2) is 9.97 Å². The minimum atomic E-state index is 0.196. The first-order valence-corrected chi connectivity index (χ1v) is 11.9. The molecule has 2 unspecified atom stereocenters. The third-order valence-corrected chi connectivity index (χ3v) is 6.67. The maximum atomic E-state index is 5.85. The summed E-state index contributed by atoms with van der Waals surface area (Å²) in [7, 11) is 0. The number of ether oxygens (including phenoxy) is 2. The Morgan fingerprint density at radius 3 is 2.71 bits per heavy atom. The highest BCUT2D eigenvalue weighted by Gasteiger charge is 2.23. The number of fused-ring (bicyclic) bond motifs is 2. The summed E-state index contributed by atoms with van der Waals surface area (Å²) in [6.07, 6.45) is 8.62. The van der Waals surface area contributed by atoms with Gasteiger partial charge in [-0.2, -0.15) is 0 Å². The molecule has 34 heavy (non-hydrogen) atoms. The average Bonchev–Trinajstić information content (AvgIpc) is 3.52. The zero-order valence-electron chi connectivity index (χ0n) is 19.5. The van der Waals surface area contributed by atoms with Gasteiger partial charge in [0.05, 0.1) is 18.8 Å². The summed E-state index contributed by atoms with van der Waals surface area (Å²) < 4.78 is 13.6. The van der Waals surface area contributed by atoms with Crippen molar-refractivity contribution in [3.8, 4) is 16.9 Å². The van der Waals surface area contributed by atoms with Crippen molar-refractivity contribution < 1.29 is 9.47 Å². The zero-order chi connectivity index (χ0) is 23.1. The zero-order valence-corrected chi connectivity index (χ0v) is 19.5. The first kappa shape index (κ1) is 21.0. The van der Waals surface area contributed by atoms with Gasteiger partial charge in [-0.05, 0) is 44.0 Å². The highest BCUT2D eigenvalue weighted by Crippen LogP contribution is 2.29. The molecule has 8 heteroatoms. The second-order valence-electron chi connectivity index (χ2n) is 9.17. The van der Waals surface area contributed by atoms with E-state index in [0.29, 0.717) is 0 Å². The summed E-state index contributed by atoms with van der Waals surface area (Å²) in [6, 6.07) is 10.5. The maximum absolute atomic E-state index is 5.85. The number of pyridine rings is 1. The Kier molecular flexibility index (Phi) is 5.37. The van der Waals surface area contributed by atoms with Gasteiger partial charge in [-0.1, -0.05) is 12.1 Å². The van der Waals surface area contributed by atoms with Crippen molar-refractivity contribution >= 4 is 11.5 Å².